The van der Waals surface area contributed by atoms with Crippen molar-refractivity contribution < 1.29 is 18.7 Å². The summed E-state index contributed by atoms with van der Waals surface area (Å²) >= 11 is 12.9. The molecule has 0 radical (unpaired) electrons. The van der Waals surface area contributed by atoms with Crippen LogP contribution < -0.4 is 5.32 Å². The van der Waals surface area contributed by atoms with Gasteiger partial charge in [0, 0.05) is 47.2 Å². The van der Waals surface area contributed by atoms with E-state index in [1.54, 1.807) is 36.4 Å². The summed E-state index contributed by atoms with van der Waals surface area (Å²) in [5.74, 6) is -0.890. The van der Waals surface area contributed by atoms with E-state index in [0.717, 1.165) is 42.7 Å². The summed E-state index contributed by atoms with van der Waals surface area (Å²) in [5, 5.41) is 3.70. The number of hydrogen-bond donors (Lipinski definition) is 1. The Labute approximate surface area is 270 Å². The minimum atomic E-state index is -1.21. The van der Waals surface area contributed by atoms with E-state index >= 15 is 4.39 Å². The Balaban J connectivity index is 1.40. The third-order valence-corrected chi connectivity index (χ3v) is 11.2. The lowest BCUT2D eigenvalue weighted by molar-refractivity contribution is -0.128. The van der Waals surface area contributed by atoms with Crippen molar-refractivity contribution in [1.82, 2.24) is 14.5 Å². The molecule has 1 aromatic heterocycles. The highest BCUT2D eigenvalue weighted by atomic mass is 35.5. The Bertz CT molecular complexity index is 1870. The molecule has 10 heteroatoms. The van der Waals surface area contributed by atoms with Gasteiger partial charge in [-0.05, 0) is 67.1 Å². The summed E-state index contributed by atoms with van der Waals surface area (Å²) in [7, 11) is 1.36. The van der Waals surface area contributed by atoms with Crippen molar-refractivity contribution in [2.45, 2.75) is 68.5 Å². The summed E-state index contributed by atoms with van der Waals surface area (Å²) in [6.07, 6.45) is 6.52. The Morgan fingerprint density at radius 2 is 1.91 bits per heavy atom. The van der Waals surface area contributed by atoms with E-state index in [9.17, 15) is 9.59 Å². The van der Waals surface area contributed by atoms with Gasteiger partial charge >= 0.3 is 5.97 Å². The number of methoxy groups -OCH3 is 1. The van der Waals surface area contributed by atoms with Gasteiger partial charge in [-0.3, -0.25) is 9.69 Å². The molecule has 1 N–H and O–H groups in total. The van der Waals surface area contributed by atoms with Crippen LogP contribution in [0.3, 0.4) is 0 Å². The van der Waals surface area contributed by atoms with Gasteiger partial charge in [-0.1, -0.05) is 60.7 Å². The van der Waals surface area contributed by atoms with E-state index < -0.39 is 23.2 Å². The van der Waals surface area contributed by atoms with Crippen LogP contribution >= 0.6 is 23.2 Å². The standard InChI is InChI=1S/C35H33Cl2FN4O3/c1-45-33(43)20-10-13-27-26(16-20)39-32-29-28(14-15-41(27)32)42(18-19-6-3-2-4-7-19)35(30(29)22-8-5-9-24(37)31(22)38)23-12-11-21(36)17-25(23)40-34(35)44/h5,8-13,16-17,19,28-30H,2-4,6-7,14-15,18H2,1H3,(H,40,44)/t28-,29+,30-,35+/m0/s1. The van der Waals surface area contributed by atoms with Gasteiger partial charge in [-0.25, -0.2) is 14.2 Å². The highest BCUT2D eigenvalue weighted by Crippen LogP contribution is 2.64. The predicted molar refractivity (Wildman–Crippen MR) is 171 cm³/mol. The normalized spacial score (nSPS) is 26.1. The van der Waals surface area contributed by atoms with Crippen LogP contribution in [0.5, 0.6) is 0 Å². The van der Waals surface area contributed by atoms with Gasteiger partial charge in [-0.15, -0.1) is 0 Å². The molecule has 1 aliphatic carbocycles. The first-order valence-electron chi connectivity index (χ1n) is 15.7. The molecule has 2 fully saturated rings. The average Bonchev–Trinajstić information content (AvgIpc) is 3.66. The summed E-state index contributed by atoms with van der Waals surface area (Å²) in [6, 6.07) is 15.9. The van der Waals surface area contributed by atoms with Crippen molar-refractivity contribution in [3.63, 3.8) is 0 Å². The highest BCUT2D eigenvalue weighted by Gasteiger charge is 2.68. The maximum atomic E-state index is 16.4. The zero-order chi connectivity index (χ0) is 31.0. The molecule has 1 amide bonds. The van der Waals surface area contributed by atoms with Gasteiger partial charge in [0.1, 0.15) is 17.2 Å². The topological polar surface area (TPSA) is 76.5 Å². The zero-order valence-electron chi connectivity index (χ0n) is 24.9. The Morgan fingerprint density at radius 1 is 1.09 bits per heavy atom. The number of ether oxygens (including phenoxy) is 1. The van der Waals surface area contributed by atoms with E-state index in [2.05, 4.69) is 14.8 Å². The second-order valence-electron chi connectivity index (χ2n) is 12.9. The molecule has 1 saturated heterocycles. The van der Waals surface area contributed by atoms with Crippen LogP contribution in [-0.4, -0.2) is 46.0 Å². The number of anilines is 1. The second kappa shape index (κ2) is 10.8. The predicted octanol–water partition coefficient (Wildman–Crippen LogP) is 7.65. The number of imidazole rings is 1. The molecule has 1 saturated carbocycles. The number of aromatic nitrogens is 2. The molecule has 8 rings (SSSR count). The molecule has 3 aromatic carbocycles. The smallest absolute Gasteiger partial charge is 0.337 e. The fraction of sp³-hybridized carbons (Fsp3) is 0.400. The number of benzene rings is 3. The number of esters is 1. The van der Waals surface area contributed by atoms with E-state index in [-0.39, 0.29) is 22.9 Å². The van der Waals surface area contributed by atoms with Crippen LogP contribution in [0.4, 0.5) is 10.1 Å². The third-order valence-electron chi connectivity index (χ3n) is 10.7. The minimum absolute atomic E-state index is 0.0201. The second-order valence-corrected chi connectivity index (χ2v) is 13.7. The van der Waals surface area contributed by atoms with Crippen molar-refractivity contribution in [3.8, 4) is 0 Å². The summed E-state index contributed by atoms with van der Waals surface area (Å²) in [5.41, 5.74) is 2.63. The van der Waals surface area contributed by atoms with Gasteiger partial charge in [0.05, 0.1) is 28.7 Å². The Hall–Kier alpha value is -3.46. The molecular formula is C35H33Cl2FN4O3. The SMILES string of the molecule is COC(=O)c1ccc2c(c1)nc1n2CC[C@H]2[C@@H]1[C@H](c1cccc(Cl)c1F)[C@]1(C(=O)Nc3cc(Cl)ccc31)N2CC1CCCCC1. The van der Waals surface area contributed by atoms with Crippen LogP contribution in [-0.2, 0) is 21.6 Å². The fourth-order valence-corrected chi connectivity index (χ4v) is 9.26. The fourth-order valence-electron chi connectivity index (χ4n) is 8.91. The highest BCUT2D eigenvalue weighted by molar-refractivity contribution is 6.31. The minimum Gasteiger partial charge on any atom is -0.465 e. The molecule has 7 nitrogen and oxygen atoms in total. The number of carbonyl (C=O) groups is 2. The van der Waals surface area contributed by atoms with Gasteiger partial charge in [-0.2, -0.15) is 0 Å². The Kier molecular flexibility index (Phi) is 6.97. The van der Waals surface area contributed by atoms with Gasteiger partial charge in [0.2, 0.25) is 5.91 Å². The number of amides is 1. The number of halogens is 3. The molecule has 1 spiro atoms. The van der Waals surface area contributed by atoms with Crippen LogP contribution in [0.25, 0.3) is 11.0 Å². The maximum Gasteiger partial charge on any atom is 0.337 e. The number of rotatable bonds is 4. The number of carbonyl (C=O) groups excluding carboxylic acids is 2. The quantitative estimate of drug-likeness (QED) is 0.231. The molecule has 4 aliphatic rings. The van der Waals surface area contributed by atoms with Crippen LogP contribution in [0, 0.1) is 11.7 Å². The molecular weight excluding hydrogens is 614 g/mol. The number of likely N-dealkylation sites (tertiary alicyclic amines) is 1. The van der Waals surface area contributed by atoms with Gasteiger partial charge in [0.25, 0.3) is 0 Å². The molecule has 4 heterocycles. The van der Waals surface area contributed by atoms with Crippen LogP contribution in [0.2, 0.25) is 10.0 Å². The summed E-state index contributed by atoms with van der Waals surface area (Å²) < 4.78 is 23.5. The lowest BCUT2D eigenvalue weighted by atomic mass is 9.70. The largest absolute Gasteiger partial charge is 0.465 e. The number of fused-ring (bicyclic) bond motifs is 7. The van der Waals surface area contributed by atoms with Crippen molar-refractivity contribution in [2.75, 3.05) is 19.0 Å². The molecule has 45 heavy (non-hydrogen) atoms. The molecule has 0 unspecified atom stereocenters. The van der Waals surface area contributed by atoms with Gasteiger partial charge in [0.15, 0.2) is 0 Å². The first kappa shape index (κ1) is 29.0. The van der Waals surface area contributed by atoms with Crippen molar-refractivity contribution >= 4 is 51.8 Å². The molecule has 232 valence electrons. The molecule has 0 bridgehead atoms. The maximum absolute atomic E-state index is 16.4. The van der Waals surface area contributed by atoms with Crippen molar-refractivity contribution in [2.24, 2.45) is 5.92 Å². The lowest BCUT2D eigenvalue weighted by Gasteiger charge is -2.42. The monoisotopic (exact) mass is 646 g/mol. The molecule has 4 atom stereocenters. The number of nitrogens with zero attached hydrogens (tertiary/aromatic N) is 3. The molecule has 4 aromatic rings. The van der Waals surface area contributed by atoms with Crippen molar-refractivity contribution in [3.05, 3.63) is 93.0 Å². The van der Waals surface area contributed by atoms with Gasteiger partial charge < -0.3 is 14.6 Å². The van der Waals surface area contributed by atoms with Crippen LogP contribution in [0.1, 0.15) is 77.7 Å². The van der Waals surface area contributed by atoms with E-state index in [1.807, 2.05) is 18.2 Å². The van der Waals surface area contributed by atoms with Crippen molar-refractivity contribution in [1.29, 1.82) is 0 Å². The summed E-state index contributed by atoms with van der Waals surface area (Å²) in [4.78, 5) is 34.7. The third kappa shape index (κ3) is 4.21. The zero-order valence-corrected chi connectivity index (χ0v) is 26.4. The average molecular weight is 648 g/mol. The Morgan fingerprint density at radius 3 is 2.71 bits per heavy atom. The molecule has 3 aliphatic heterocycles. The first-order valence-corrected chi connectivity index (χ1v) is 16.5. The number of nitrogens with one attached hydrogen (secondary N) is 1. The number of hydrogen-bond acceptors (Lipinski definition) is 5. The van der Waals surface area contributed by atoms with E-state index in [1.165, 1.54) is 26.4 Å². The first-order chi connectivity index (χ1) is 21.8. The van der Waals surface area contributed by atoms with Crippen LogP contribution in [0.15, 0.2) is 54.6 Å². The van der Waals surface area contributed by atoms with E-state index in [4.69, 9.17) is 32.9 Å². The summed E-state index contributed by atoms with van der Waals surface area (Å²) in [6.45, 7) is 1.41. The lowest BCUT2D eigenvalue weighted by Crippen LogP contribution is -2.53. The van der Waals surface area contributed by atoms with E-state index in [0.29, 0.717) is 39.8 Å². The number of aryl methyl sites for hydroxylation is 1.